The second-order valence-electron chi connectivity index (χ2n) is 8.85. The summed E-state index contributed by atoms with van der Waals surface area (Å²) in [5.74, 6) is 0. The van der Waals surface area contributed by atoms with Gasteiger partial charge in [0, 0.05) is 27.2 Å². The number of nitriles is 2. The molecule has 0 aliphatic heterocycles. The van der Waals surface area contributed by atoms with Gasteiger partial charge in [0.05, 0.1) is 38.9 Å². The maximum absolute atomic E-state index is 9.96. The lowest BCUT2D eigenvalue weighted by Crippen LogP contribution is -2.01. The van der Waals surface area contributed by atoms with E-state index in [1.807, 2.05) is 30.3 Å². The van der Waals surface area contributed by atoms with Crippen molar-refractivity contribution in [2.45, 2.75) is 0 Å². The van der Waals surface area contributed by atoms with Crippen LogP contribution in [0.15, 0.2) is 109 Å². The third-order valence-electron chi connectivity index (χ3n) is 6.98. The predicted octanol–water partition coefficient (Wildman–Crippen LogP) is 7.62. The van der Waals surface area contributed by atoms with Crippen LogP contribution in [0.5, 0.6) is 0 Å². The fraction of sp³-hybridized carbons (Fsp3) is 0. The highest BCUT2D eigenvalue weighted by molar-refractivity contribution is 6.19. The van der Waals surface area contributed by atoms with Crippen LogP contribution in [-0.2, 0) is 0 Å². The average molecular weight is 459 g/mol. The van der Waals surface area contributed by atoms with Crippen LogP contribution < -0.4 is 0 Å². The molecule has 0 aliphatic rings. The number of hydrogen-bond donors (Lipinski definition) is 0. The van der Waals surface area contributed by atoms with Crippen molar-refractivity contribution in [2.75, 3.05) is 0 Å². The van der Waals surface area contributed by atoms with Crippen LogP contribution in [0.3, 0.4) is 0 Å². The Hall–Kier alpha value is -5.32. The zero-order valence-electron chi connectivity index (χ0n) is 19.2. The Labute approximate surface area is 207 Å². The molecule has 2 heterocycles. The molecule has 4 heteroatoms. The van der Waals surface area contributed by atoms with Crippen LogP contribution in [-0.4, -0.2) is 9.13 Å². The van der Waals surface area contributed by atoms with Crippen LogP contribution >= 0.6 is 0 Å². The van der Waals surface area contributed by atoms with Gasteiger partial charge < -0.3 is 9.13 Å². The quantitative estimate of drug-likeness (QED) is 0.267. The molecule has 4 nitrogen and oxygen atoms in total. The minimum atomic E-state index is 0.473. The fourth-order valence-electron chi connectivity index (χ4n) is 5.49. The van der Waals surface area contributed by atoms with E-state index in [-0.39, 0.29) is 0 Å². The summed E-state index contributed by atoms with van der Waals surface area (Å²) in [6.07, 6.45) is 0. The molecular weight excluding hydrogens is 440 g/mol. The normalized spacial score (nSPS) is 11.3. The van der Waals surface area contributed by atoms with Crippen LogP contribution in [0, 0.1) is 22.7 Å². The molecule has 0 bridgehead atoms. The highest BCUT2D eigenvalue weighted by Gasteiger charge is 2.20. The number of benzene rings is 5. The SMILES string of the molecule is N#Cc1cccc(C#N)c1-n1c2ccccc2c2cc3c4ccccc4n(-c4ccccc4)c3cc21. The lowest BCUT2D eigenvalue weighted by atomic mass is 10.1. The predicted molar refractivity (Wildman–Crippen MR) is 145 cm³/mol. The monoisotopic (exact) mass is 458 g/mol. The standard InChI is InChI=1S/C32H18N4/c33-19-21-9-8-10-22(20-34)32(21)36-29-16-7-5-14-25(29)27-17-26-24-13-4-6-15-28(24)35(30(26)18-31(27)36)23-11-2-1-3-12-23/h1-18H. The third-order valence-corrected chi connectivity index (χ3v) is 6.98. The molecule has 0 N–H and O–H groups in total. The van der Waals surface area contributed by atoms with Gasteiger partial charge in [-0.15, -0.1) is 0 Å². The Morgan fingerprint density at radius 1 is 0.444 bits per heavy atom. The van der Waals surface area contributed by atoms with Crippen molar-refractivity contribution < 1.29 is 0 Å². The van der Waals surface area contributed by atoms with Crippen molar-refractivity contribution in [1.29, 1.82) is 10.5 Å². The molecular formula is C32H18N4. The Kier molecular flexibility index (Phi) is 4.24. The third kappa shape index (κ3) is 2.67. The lowest BCUT2D eigenvalue weighted by molar-refractivity contribution is 1.15. The van der Waals surface area contributed by atoms with Gasteiger partial charge in [-0.1, -0.05) is 60.7 Å². The molecule has 0 amide bonds. The van der Waals surface area contributed by atoms with E-state index in [2.05, 4.69) is 81.9 Å². The zero-order valence-corrected chi connectivity index (χ0v) is 19.2. The molecule has 7 aromatic rings. The highest BCUT2D eigenvalue weighted by atomic mass is 15.0. The van der Waals surface area contributed by atoms with Crippen molar-refractivity contribution in [3.8, 4) is 23.5 Å². The first kappa shape index (κ1) is 20.1. The summed E-state index contributed by atoms with van der Waals surface area (Å²) in [7, 11) is 0. The molecule has 7 rings (SSSR count). The first-order chi connectivity index (χ1) is 17.8. The number of hydrogen-bond acceptors (Lipinski definition) is 2. The molecule has 166 valence electrons. The number of aromatic nitrogens is 2. The maximum Gasteiger partial charge on any atom is 0.101 e. The number of fused-ring (bicyclic) bond motifs is 6. The van der Waals surface area contributed by atoms with Crippen molar-refractivity contribution in [3.05, 3.63) is 120 Å². The van der Waals surface area contributed by atoms with Gasteiger partial charge in [-0.2, -0.15) is 10.5 Å². The summed E-state index contributed by atoms with van der Waals surface area (Å²) in [5.41, 5.74) is 6.79. The molecule has 2 aromatic heterocycles. The molecule has 5 aromatic carbocycles. The van der Waals surface area contributed by atoms with E-state index < -0.39 is 0 Å². The van der Waals surface area contributed by atoms with Gasteiger partial charge >= 0.3 is 0 Å². The molecule has 0 radical (unpaired) electrons. The van der Waals surface area contributed by atoms with E-state index in [4.69, 9.17) is 0 Å². The number of rotatable bonds is 2. The first-order valence-corrected chi connectivity index (χ1v) is 11.8. The second kappa shape index (κ2) is 7.60. The van der Waals surface area contributed by atoms with Crippen LogP contribution in [0.25, 0.3) is 55.0 Å². The smallest absolute Gasteiger partial charge is 0.101 e. The molecule has 0 unspecified atom stereocenters. The first-order valence-electron chi connectivity index (χ1n) is 11.8. The Balaban J connectivity index is 1.73. The summed E-state index contributed by atoms with van der Waals surface area (Å²) in [5, 5.41) is 24.5. The molecule has 0 saturated heterocycles. The molecule has 0 fully saturated rings. The zero-order chi connectivity index (χ0) is 24.2. The summed E-state index contributed by atoms with van der Waals surface area (Å²) in [6, 6.07) is 41.4. The summed E-state index contributed by atoms with van der Waals surface area (Å²) < 4.78 is 4.36. The number of para-hydroxylation sites is 4. The van der Waals surface area contributed by atoms with Crippen molar-refractivity contribution in [2.24, 2.45) is 0 Å². The molecule has 0 aliphatic carbocycles. The summed E-state index contributed by atoms with van der Waals surface area (Å²) in [4.78, 5) is 0. The van der Waals surface area contributed by atoms with Gasteiger partial charge in [0.1, 0.15) is 12.1 Å². The largest absolute Gasteiger partial charge is 0.309 e. The van der Waals surface area contributed by atoms with Crippen LogP contribution in [0.4, 0.5) is 0 Å². The minimum Gasteiger partial charge on any atom is -0.309 e. The molecule has 0 spiro atoms. The number of nitrogens with zero attached hydrogens (tertiary/aromatic N) is 4. The van der Waals surface area contributed by atoms with Gasteiger partial charge in [0.15, 0.2) is 0 Å². The second-order valence-corrected chi connectivity index (χ2v) is 8.85. The van der Waals surface area contributed by atoms with Crippen molar-refractivity contribution in [1.82, 2.24) is 9.13 Å². The fourth-order valence-corrected chi connectivity index (χ4v) is 5.49. The highest BCUT2D eigenvalue weighted by Crippen LogP contribution is 2.40. The van der Waals surface area contributed by atoms with E-state index in [0.717, 1.165) is 38.5 Å². The van der Waals surface area contributed by atoms with Gasteiger partial charge in [0.2, 0.25) is 0 Å². The summed E-state index contributed by atoms with van der Waals surface area (Å²) in [6.45, 7) is 0. The van der Waals surface area contributed by atoms with E-state index in [9.17, 15) is 10.5 Å². The molecule has 0 saturated carbocycles. The lowest BCUT2D eigenvalue weighted by Gasteiger charge is -2.12. The minimum absolute atomic E-state index is 0.473. The average Bonchev–Trinajstić information content (AvgIpc) is 3.44. The van der Waals surface area contributed by atoms with Gasteiger partial charge in [-0.25, -0.2) is 0 Å². The topological polar surface area (TPSA) is 57.4 Å². The Morgan fingerprint density at radius 3 is 1.58 bits per heavy atom. The molecule has 0 atom stereocenters. The van der Waals surface area contributed by atoms with E-state index in [1.165, 1.54) is 10.8 Å². The van der Waals surface area contributed by atoms with Gasteiger partial charge in [0.25, 0.3) is 0 Å². The van der Waals surface area contributed by atoms with Crippen LogP contribution in [0.1, 0.15) is 11.1 Å². The van der Waals surface area contributed by atoms with Crippen molar-refractivity contribution >= 4 is 43.6 Å². The van der Waals surface area contributed by atoms with Crippen LogP contribution in [0.2, 0.25) is 0 Å². The maximum atomic E-state index is 9.96. The van der Waals surface area contributed by atoms with E-state index >= 15 is 0 Å². The van der Waals surface area contributed by atoms with Gasteiger partial charge in [-0.3, -0.25) is 0 Å². The van der Waals surface area contributed by atoms with E-state index in [0.29, 0.717) is 16.8 Å². The van der Waals surface area contributed by atoms with Gasteiger partial charge in [-0.05, 0) is 48.5 Å². The van der Waals surface area contributed by atoms with E-state index in [1.54, 1.807) is 18.2 Å². The van der Waals surface area contributed by atoms with Crippen molar-refractivity contribution in [3.63, 3.8) is 0 Å². The Morgan fingerprint density at radius 2 is 0.972 bits per heavy atom. The summed E-state index contributed by atoms with van der Waals surface area (Å²) >= 11 is 0. The molecule has 36 heavy (non-hydrogen) atoms. The Bertz CT molecular complexity index is 2030.